The van der Waals surface area contributed by atoms with Gasteiger partial charge in [-0.05, 0) is 51.0 Å². The third kappa shape index (κ3) is 3.35. The van der Waals surface area contributed by atoms with Crippen LogP contribution < -0.4 is 11.1 Å². The minimum absolute atomic E-state index is 0.231. The van der Waals surface area contributed by atoms with Gasteiger partial charge in [-0.2, -0.15) is 0 Å². The van der Waals surface area contributed by atoms with Gasteiger partial charge in [-0.1, -0.05) is 0 Å². The lowest BCUT2D eigenvalue weighted by atomic mass is 10.1. The molecule has 4 nitrogen and oxygen atoms in total. The number of nitrogens with two attached hydrogens (primary N) is 1. The van der Waals surface area contributed by atoms with Gasteiger partial charge in [0.2, 0.25) is 0 Å². The largest absolute Gasteiger partial charge is 0.399 e. The fourth-order valence-corrected chi connectivity index (χ4v) is 2.23. The van der Waals surface area contributed by atoms with Crippen LogP contribution in [0.1, 0.15) is 25.5 Å². The summed E-state index contributed by atoms with van der Waals surface area (Å²) in [7, 11) is 0. The zero-order valence-electron chi connectivity index (χ0n) is 11.5. The first-order valence-electron chi connectivity index (χ1n) is 6.64. The van der Waals surface area contributed by atoms with Crippen LogP contribution in [0.25, 0.3) is 10.9 Å². The molecule has 0 saturated heterocycles. The van der Waals surface area contributed by atoms with E-state index in [1.54, 1.807) is 0 Å². The van der Waals surface area contributed by atoms with Crippen molar-refractivity contribution >= 4 is 22.3 Å². The summed E-state index contributed by atoms with van der Waals surface area (Å²) >= 11 is 0. The van der Waals surface area contributed by atoms with Gasteiger partial charge in [-0.25, -0.2) is 0 Å². The Morgan fingerprint density at radius 3 is 2.89 bits per heavy atom. The number of fused-ring (bicyclic) bond motifs is 1. The van der Waals surface area contributed by atoms with Gasteiger partial charge >= 0.3 is 0 Å². The first-order chi connectivity index (χ1) is 9.10. The Balaban J connectivity index is 2.33. The molecule has 1 atom stereocenters. The van der Waals surface area contributed by atoms with E-state index >= 15 is 0 Å². The molecule has 19 heavy (non-hydrogen) atoms. The van der Waals surface area contributed by atoms with Gasteiger partial charge in [0, 0.05) is 35.1 Å². The molecule has 0 aliphatic heterocycles. The Morgan fingerprint density at radius 1 is 1.37 bits per heavy atom. The lowest BCUT2D eigenvalue weighted by molar-refractivity contribution is 0.282. The highest BCUT2D eigenvalue weighted by Crippen LogP contribution is 2.26. The van der Waals surface area contributed by atoms with E-state index in [1.807, 2.05) is 31.2 Å². The first-order valence-corrected chi connectivity index (χ1v) is 6.64. The van der Waals surface area contributed by atoms with Crippen molar-refractivity contribution in [3.8, 4) is 0 Å². The van der Waals surface area contributed by atoms with E-state index in [9.17, 15) is 0 Å². The summed E-state index contributed by atoms with van der Waals surface area (Å²) in [4.78, 5) is 4.51. The molecule has 0 aliphatic carbocycles. The molecular formula is C15H21N3O. The number of aliphatic hydroxyl groups is 1. The Morgan fingerprint density at radius 2 is 2.16 bits per heavy atom. The molecule has 0 bridgehead atoms. The van der Waals surface area contributed by atoms with Gasteiger partial charge in [0.05, 0.1) is 5.52 Å². The fraction of sp³-hybridized carbons (Fsp3) is 0.400. The van der Waals surface area contributed by atoms with E-state index in [1.165, 1.54) is 0 Å². The van der Waals surface area contributed by atoms with Gasteiger partial charge in [-0.3, -0.25) is 4.98 Å². The van der Waals surface area contributed by atoms with Crippen LogP contribution in [0.5, 0.6) is 0 Å². The molecule has 2 rings (SSSR count). The molecule has 1 aromatic carbocycles. The number of anilines is 2. The average Bonchev–Trinajstić information content (AvgIpc) is 2.37. The zero-order valence-corrected chi connectivity index (χ0v) is 11.5. The molecule has 1 unspecified atom stereocenters. The molecule has 0 aliphatic rings. The number of aliphatic hydroxyl groups excluding tert-OH is 1. The maximum Gasteiger partial charge on any atom is 0.0727 e. The van der Waals surface area contributed by atoms with Crippen molar-refractivity contribution in [1.29, 1.82) is 0 Å². The Bertz CT molecular complexity index is 569. The number of pyridine rings is 1. The van der Waals surface area contributed by atoms with Crippen molar-refractivity contribution in [2.24, 2.45) is 0 Å². The average molecular weight is 259 g/mol. The fourth-order valence-electron chi connectivity index (χ4n) is 2.23. The highest BCUT2D eigenvalue weighted by molar-refractivity contribution is 5.93. The lowest BCUT2D eigenvalue weighted by Crippen LogP contribution is -2.16. The van der Waals surface area contributed by atoms with Crippen molar-refractivity contribution in [1.82, 2.24) is 4.98 Å². The quantitative estimate of drug-likeness (QED) is 0.722. The molecule has 4 N–H and O–H groups in total. The number of aryl methyl sites for hydroxylation is 1. The minimum atomic E-state index is 0.231. The predicted octanol–water partition coefficient (Wildman–Crippen LogP) is 2.70. The van der Waals surface area contributed by atoms with Crippen LogP contribution in [0, 0.1) is 6.92 Å². The summed E-state index contributed by atoms with van der Waals surface area (Å²) < 4.78 is 0. The van der Waals surface area contributed by atoms with Crippen molar-refractivity contribution in [2.45, 2.75) is 32.7 Å². The topological polar surface area (TPSA) is 71.2 Å². The van der Waals surface area contributed by atoms with Crippen LogP contribution in [-0.4, -0.2) is 22.7 Å². The van der Waals surface area contributed by atoms with Crippen molar-refractivity contribution in [3.63, 3.8) is 0 Å². The number of nitrogen functional groups attached to an aromatic ring is 1. The van der Waals surface area contributed by atoms with Crippen LogP contribution >= 0.6 is 0 Å². The predicted molar refractivity (Wildman–Crippen MR) is 80.3 cm³/mol. The normalized spacial score (nSPS) is 12.6. The molecule has 0 saturated carbocycles. The van der Waals surface area contributed by atoms with Gasteiger partial charge in [0.25, 0.3) is 0 Å². The molecule has 0 fully saturated rings. The lowest BCUT2D eigenvalue weighted by Gasteiger charge is -2.17. The molecule has 0 amide bonds. The van der Waals surface area contributed by atoms with E-state index < -0.39 is 0 Å². The second-order valence-electron chi connectivity index (χ2n) is 5.00. The molecule has 0 radical (unpaired) electrons. The zero-order chi connectivity index (χ0) is 13.8. The summed E-state index contributed by atoms with van der Waals surface area (Å²) in [6.07, 6.45) is 1.74. The smallest absolute Gasteiger partial charge is 0.0727 e. The summed E-state index contributed by atoms with van der Waals surface area (Å²) in [5, 5.41) is 13.4. The maximum absolute atomic E-state index is 8.88. The monoisotopic (exact) mass is 259 g/mol. The van der Waals surface area contributed by atoms with Crippen LogP contribution in [0.15, 0.2) is 24.3 Å². The van der Waals surface area contributed by atoms with E-state index in [-0.39, 0.29) is 6.61 Å². The SMILES string of the molecule is Cc1cc(NC(C)CCCO)c2cc(N)ccc2n1. The van der Waals surface area contributed by atoms with Crippen molar-refractivity contribution in [2.75, 3.05) is 17.7 Å². The number of benzene rings is 1. The summed E-state index contributed by atoms with van der Waals surface area (Å²) in [6.45, 7) is 4.33. The number of rotatable bonds is 5. The van der Waals surface area contributed by atoms with Crippen LogP contribution in [-0.2, 0) is 0 Å². The second-order valence-corrected chi connectivity index (χ2v) is 5.00. The summed E-state index contributed by atoms with van der Waals surface area (Å²) in [5.41, 5.74) is 9.58. The van der Waals surface area contributed by atoms with Crippen molar-refractivity contribution < 1.29 is 5.11 Å². The number of nitrogens with zero attached hydrogens (tertiary/aromatic N) is 1. The molecule has 4 heteroatoms. The second kappa shape index (κ2) is 5.89. The standard InChI is InChI=1S/C15H21N3O/c1-10(4-3-7-19)17-15-8-11(2)18-14-6-5-12(16)9-13(14)15/h5-6,8-10,19H,3-4,7,16H2,1-2H3,(H,17,18). The molecule has 0 spiro atoms. The summed E-state index contributed by atoms with van der Waals surface area (Å²) in [6, 6.07) is 8.10. The van der Waals surface area contributed by atoms with Crippen LogP contribution in [0.4, 0.5) is 11.4 Å². The molecule has 1 heterocycles. The third-order valence-electron chi connectivity index (χ3n) is 3.16. The Labute approximate surface area is 113 Å². The highest BCUT2D eigenvalue weighted by Gasteiger charge is 2.07. The first kappa shape index (κ1) is 13.6. The van der Waals surface area contributed by atoms with E-state index in [0.29, 0.717) is 6.04 Å². The van der Waals surface area contributed by atoms with Crippen molar-refractivity contribution in [3.05, 3.63) is 30.0 Å². The number of hydrogen-bond donors (Lipinski definition) is 3. The van der Waals surface area contributed by atoms with Crippen LogP contribution in [0.2, 0.25) is 0 Å². The third-order valence-corrected chi connectivity index (χ3v) is 3.16. The van der Waals surface area contributed by atoms with Crippen LogP contribution in [0.3, 0.4) is 0 Å². The number of aromatic nitrogens is 1. The van der Waals surface area contributed by atoms with E-state index in [2.05, 4.69) is 17.2 Å². The molecule has 2 aromatic rings. The van der Waals surface area contributed by atoms with Gasteiger partial charge in [0.15, 0.2) is 0 Å². The van der Waals surface area contributed by atoms with Gasteiger partial charge in [0.1, 0.15) is 0 Å². The van der Waals surface area contributed by atoms with E-state index in [4.69, 9.17) is 10.8 Å². The molecule has 102 valence electrons. The highest BCUT2D eigenvalue weighted by atomic mass is 16.2. The maximum atomic E-state index is 8.88. The Hall–Kier alpha value is -1.81. The molecule has 1 aromatic heterocycles. The van der Waals surface area contributed by atoms with E-state index in [0.717, 1.165) is 40.8 Å². The Kier molecular flexibility index (Phi) is 4.22. The van der Waals surface area contributed by atoms with Gasteiger partial charge < -0.3 is 16.2 Å². The number of nitrogens with one attached hydrogen (secondary N) is 1. The molecular weight excluding hydrogens is 238 g/mol. The number of hydrogen-bond acceptors (Lipinski definition) is 4. The van der Waals surface area contributed by atoms with Gasteiger partial charge in [-0.15, -0.1) is 0 Å². The summed E-state index contributed by atoms with van der Waals surface area (Å²) in [5.74, 6) is 0. The minimum Gasteiger partial charge on any atom is -0.399 e.